The van der Waals surface area contributed by atoms with Gasteiger partial charge in [-0.3, -0.25) is 10.1 Å². The van der Waals surface area contributed by atoms with Gasteiger partial charge in [-0.15, -0.1) is 11.8 Å². The normalized spacial score (nSPS) is 11.2. The van der Waals surface area contributed by atoms with E-state index in [0.717, 1.165) is 42.1 Å². The number of carbonyl (C=O) groups is 1. The van der Waals surface area contributed by atoms with Crippen LogP contribution in [0.3, 0.4) is 0 Å². The van der Waals surface area contributed by atoms with Crippen molar-refractivity contribution in [2.75, 3.05) is 30.7 Å². The molecule has 6 heteroatoms. The van der Waals surface area contributed by atoms with Crippen LogP contribution in [0.15, 0.2) is 59.5 Å². The lowest BCUT2D eigenvalue weighted by molar-refractivity contribution is -0.113. The number of hydrogen-bond donors (Lipinski definition) is 1. The van der Waals surface area contributed by atoms with Crippen molar-refractivity contribution < 1.29 is 4.79 Å². The third kappa shape index (κ3) is 5.11. The van der Waals surface area contributed by atoms with Crippen LogP contribution >= 0.6 is 11.8 Å². The van der Waals surface area contributed by atoms with Crippen LogP contribution in [0.5, 0.6) is 0 Å². The highest BCUT2D eigenvalue weighted by Crippen LogP contribution is 2.21. The summed E-state index contributed by atoms with van der Waals surface area (Å²) in [5, 5.41) is 3.00. The first-order chi connectivity index (χ1) is 13.2. The number of benzene rings is 2. The summed E-state index contributed by atoms with van der Waals surface area (Å²) in [6.45, 7) is 8.08. The lowest BCUT2D eigenvalue weighted by Gasteiger charge is -2.19. The highest BCUT2D eigenvalue weighted by atomic mass is 32.2. The number of imidazole rings is 1. The number of likely N-dealkylation sites (N-methyl/N-ethyl adjacent to an activating group) is 1. The van der Waals surface area contributed by atoms with Crippen molar-refractivity contribution in [3.05, 3.63) is 54.6 Å². The Morgan fingerprint density at radius 3 is 2.52 bits per heavy atom. The Morgan fingerprint density at radius 1 is 1.07 bits per heavy atom. The van der Waals surface area contributed by atoms with Crippen molar-refractivity contribution in [3.63, 3.8) is 0 Å². The molecular formula is C21H26N4OS. The zero-order chi connectivity index (χ0) is 19.1. The summed E-state index contributed by atoms with van der Waals surface area (Å²) < 4.78 is 2.11. The van der Waals surface area contributed by atoms with E-state index in [1.165, 1.54) is 11.8 Å². The number of para-hydroxylation sites is 2. The van der Waals surface area contributed by atoms with Gasteiger partial charge < -0.3 is 9.47 Å². The molecular weight excluding hydrogens is 356 g/mol. The Morgan fingerprint density at radius 2 is 1.78 bits per heavy atom. The van der Waals surface area contributed by atoms with Gasteiger partial charge in [-0.1, -0.05) is 44.2 Å². The molecule has 27 heavy (non-hydrogen) atoms. The molecule has 0 spiro atoms. The summed E-state index contributed by atoms with van der Waals surface area (Å²) >= 11 is 1.53. The van der Waals surface area contributed by atoms with E-state index in [1.54, 1.807) is 0 Å². The molecule has 3 aromatic rings. The summed E-state index contributed by atoms with van der Waals surface area (Å²) in [6, 6.07) is 18.0. The predicted octanol–water partition coefficient (Wildman–Crippen LogP) is 4.11. The zero-order valence-corrected chi connectivity index (χ0v) is 16.7. The molecule has 0 aliphatic carbocycles. The fourth-order valence-electron chi connectivity index (χ4n) is 3.00. The highest BCUT2D eigenvalue weighted by Gasteiger charge is 2.14. The van der Waals surface area contributed by atoms with Crippen molar-refractivity contribution >= 4 is 34.7 Å². The quantitative estimate of drug-likeness (QED) is 0.566. The van der Waals surface area contributed by atoms with E-state index in [9.17, 15) is 4.79 Å². The molecule has 0 saturated carbocycles. The first-order valence-electron chi connectivity index (χ1n) is 9.36. The Labute approximate surface area is 164 Å². The van der Waals surface area contributed by atoms with Crippen LogP contribution in [-0.4, -0.2) is 45.7 Å². The zero-order valence-electron chi connectivity index (χ0n) is 15.9. The van der Waals surface area contributed by atoms with Crippen LogP contribution in [0.25, 0.3) is 11.0 Å². The molecule has 5 nitrogen and oxygen atoms in total. The number of aromatic nitrogens is 2. The van der Waals surface area contributed by atoms with E-state index in [0.29, 0.717) is 11.7 Å². The van der Waals surface area contributed by atoms with Gasteiger partial charge in [-0.05, 0) is 37.4 Å². The maximum Gasteiger partial charge on any atom is 0.237 e. The van der Waals surface area contributed by atoms with Gasteiger partial charge in [0.05, 0.1) is 16.8 Å². The fraction of sp³-hybridized carbons (Fsp3) is 0.333. The Kier molecular flexibility index (Phi) is 6.90. The topological polar surface area (TPSA) is 50.2 Å². The summed E-state index contributed by atoms with van der Waals surface area (Å²) in [4.78, 5) is 20.6. The number of nitrogens with zero attached hydrogens (tertiary/aromatic N) is 3. The number of amides is 1. The third-order valence-corrected chi connectivity index (χ3v) is 5.57. The number of carbonyl (C=O) groups excluding carboxylic acids is 1. The van der Waals surface area contributed by atoms with Gasteiger partial charge in [0, 0.05) is 18.0 Å². The molecule has 1 aromatic heterocycles. The van der Waals surface area contributed by atoms with Gasteiger partial charge in [0.2, 0.25) is 11.9 Å². The maximum absolute atomic E-state index is 12.5. The van der Waals surface area contributed by atoms with Crippen molar-refractivity contribution in [2.45, 2.75) is 25.3 Å². The Hall–Kier alpha value is -2.31. The first-order valence-corrected chi connectivity index (χ1v) is 10.3. The van der Waals surface area contributed by atoms with E-state index in [4.69, 9.17) is 0 Å². The van der Waals surface area contributed by atoms with Gasteiger partial charge in [0.1, 0.15) is 0 Å². The second-order valence-corrected chi connectivity index (χ2v) is 7.30. The average molecular weight is 383 g/mol. The van der Waals surface area contributed by atoms with E-state index in [1.807, 2.05) is 48.5 Å². The number of thioether (sulfide) groups is 1. The second kappa shape index (κ2) is 9.58. The van der Waals surface area contributed by atoms with Crippen LogP contribution < -0.4 is 5.32 Å². The Bertz CT molecular complexity index is 874. The van der Waals surface area contributed by atoms with E-state index in [2.05, 4.69) is 39.7 Å². The van der Waals surface area contributed by atoms with Crippen molar-refractivity contribution in [2.24, 2.45) is 0 Å². The van der Waals surface area contributed by atoms with Gasteiger partial charge in [0.25, 0.3) is 0 Å². The SMILES string of the molecule is CCN(CC)CCn1c(NC(=O)CSc2ccccc2)nc2ccccc21. The molecule has 1 amide bonds. The molecule has 0 aliphatic rings. The van der Waals surface area contributed by atoms with Gasteiger partial charge in [-0.2, -0.15) is 0 Å². The lowest BCUT2D eigenvalue weighted by Crippen LogP contribution is -2.28. The summed E-state index contributed by atoms with van der Waals surface area (Å²) in [5.41, 5.74) is 1.96. The second-order valence-electron chi connectivity index (χ2n) is 6.25. The van der Waals surface area contributed by atoms with Crippen LogP contribution in [0.1, 0.15) is 13.8 Å². The lowest BCUT2D eigenvalue weighted by atomic mass is 10.3. The molecule has 1 heterocycles. The van der Waals surface area contributed by atoms with Crippen LogP contribution in [0.4, 0.5) is 5.95 Å². The molecule has 2 aromatic carbocycles. The number of rotatable bonds is 9. The van der Waals surface area contributed by atoms with Gasteiger partial charge in [-0.25, -0.2) is 4.98 Å². The third-order valence-electron chi connectivity index (χ3n) is 4.55. The standard InChI is InChI=1S/C21H26N4OS/c1-3-24(4-2)14-15-25-19-13-9-8-12-18(19)22-21(25)23-20(26)16-27-17-10-6-5-7-11-17/h5-13H,3-4,14-16H2,1-2H3,(H,22,23,26). The van der Waals surface area contributed by atoms with E-state index >= 15 is 0 Å². The number of fused-ring (bicyclic) bond motifs is 1. The minimum Gasteiger partial charge on any atom is -0.309 e. The van der Waals surface area contributed by atoms with Gasteiger partial charge >= 0.3 is 0 Å². The molecule has 0 unspecified atom stereocenters. The predicted molar refractivity (Wildman–Crippen MR) is 113 cm³/mol. The van der Waals surface area contributed by atoms with Crippen molar-refractivity contribution in [1.82, 2.24) is 14.5 Å². The van der Waals surface area contributed by atoms with Crippen LogP contribution in [0.2, 0.25) is 0 Å². The summed E-state index contributed by atoms with van der Waals surface area (Å²) in [5.74, 6) is 0.953. The number of anilines is 1. The van der Waals surface area contributed by atoms with E-state index < -0.39 is 0 Å². The molecule has 1 N–H and O–H groups in total. The first kappa shape index (κ1) is 19.5. The van der Waals surface area contributed by atoms with Gasteiger partial charge in [0.15, 0.2) is 0 Å². The summed E-state index contributed by atoms with van der Waals surface area (Å²) in [6.07, 6.45) is 0. The molecule has 0 radical (unpaired) electrons. The minimum absolute atomic E-state index is 0.0387. The van der Waals surface area contributed by atoms with Crippen LogP contribution in [-0.2, 0) is 11.3 Å². The van der Waals surface area contributed by atoms with Crippen molar-refractivity contribution in [1.29, 1.82) is 0 Å². The number of nitrogens with one attached hydrogen (secondary N) is 1. The molecule has 0 fully saturated rings. The number of hydrogen-bond acceptors (Lipinski definition) is 4. The summed E-state index contributed by atoms with van der Waals surface area (Å²) in [7, 11) is 0. The molecule has 0 bridgehead atoms. The van der Waals surface area contributed by atoms with Crippen molar-refractivity contribution in [3.8, 4) is 0 Å². The highest BCUT2D eigenvalue weighted by molar-refractivity contribution is 8.00. The molecule has 0 aliphatic heterocycles. The minimum atomic E-state index is -0.0387. The molecule has 0 saturated heterocycles. The van der Waals surface area contributed by atoms with Crippen LogP contribution in [0, 0.1) is 0 Å². The Balaban J connectivity index is 1.72. The maximum atomic E-state index is 12.5. The smallest absolute Gasteiger partial charge is 0.237 e. The molecule has 0 atom stereocenters. The fourth-order valence-corrected chi connectivity index (χ4v) is 3.72. The molecule has 142 valence electrons. The van der Waals surface area contributed by atoms with E-state index in [-0.39, 0.29) is 5.91 Å². The average Bonchev–Trinajstić information content (AvgIpc) is 3.05. The molecule has 3 rings (SSSR count). The largest absolute Gasteiger partial charge is 0.309 e. The monoisotopic (exact) mass is 382 g/mol.